The number of carbonyl (C=O) groups is 1. The Kier molecular flexibility index (Phi) is 5.11. The molecule has 17 heavy (non-hydrogen) atoms. The van der Waals surface area contributed by atoms with Gasteiger partial charge in [-0.3, -0.25) is 4.79 Å². The van der Waals surface area contributed by atoms with Gasteiger partial charge < -0.3 is 20.3 Å². The monoisotopic (exact) mass is 257 g/mol. The number of hydrogen-bond acceptors (Lipinski definition) is 5. The summed E-state index contributed by atoms with van der Waals surface area (Å²) in [5.74, 6) is 0.628. The molecule has 0 heterocycles. The predicted molar refractivity (Wildman–Crippen MR) is 65.9 cm³/mol. The summed E-state index contributed by atoms with van der Waals surface area (Å²) >= 11 is 1.33. The lowest BCUT2D eigenvalue weighted by molar-refractivity contribution is -0.137. The minimum Gasteiger partial charge on any atom is -0.497 e. The number of nitrogens with two attached hydrogens (primary N) is 1. The molecule has 3 N–H and O–H groups in total. The molecular weight excluding hydrogens is 242 g/mol. The number of aliphatic carboxylic acids is 1. The molecule has 0 amide bonds. The summed E-state index contributed by atoms with van der Waals surface area (Å²) in [5.41, 5.74) is 5.43. The van der Waals surface area contributed by atoms with Gasteiger partial charge in [0.1, 0.15) is 17.5 Å². The van der Waals surface area contributed by atoms with Crippen molar-refractivity contribution >= 4 is 17.7 Å². The second kappa shape index (κ2) is 6.36. The van der Waals surface area contributed by atoms with Crippen molar-refractivity contribution < 1.29 is 19.4 Å². The molecule has 1 aromatic rings. The zero-order chi connectivity index (χ0) is 12.8. The summed E-state index contributed by atoms with van der Waals surface area (Å²) in [6.07, 6.45) is 0. The summed E-state index contributed by atoms with van der Waals surface area (Å²) in [5, 5.41) is 8.69. The van der Waals surface area contributed by atoms with E-state index in [1.807, 2.05) is 0 Å². The average Bonchev–Trinajstić information content (AvgIpc) is 2.35. The van der Waals surface area contributed by atoms with Gasteiger partial charge in [0.25, 0.3) is 0 Å². The Balaban J connectivity index is 2.77. The largest absolute Gasteiger partial charge is 0.497 e. The molecule has 0 spiro atoms. The Morgan fingerprint density at radius 1 is 1.47 bits per heavy atom. The van der Waals surface area contributed by atoms with Gasteiger partial charge in [0.05, 0.1) is 19.1 Å². The third-order valence-corrected chi connectivity index (χ3v) is 3.26. The average molecular weight is 257 g/mol. The van der Waals surface area contributed by atoms with E-state index < -0.39 is 12.0 Å². The van der Waals surface area contributed by atoms with E-state index in [2.05, 4.69) is 0 Å². The van der Waals surface area contributed by atoms with Gasteiger partial charge in [0.15, 0.2) is 0 Å². The smallest absolute Gasteiger partial charge is 0.321 e. The summed E-state index contributed by atoms with van der Waals surface area (Å²) in [6.45, 7) is 0. The van der Waals surface area contributed by atoms with Crippen LogP contribution < -0.4 is 15.2 Å². The number of thioether (sulfide) groups is 1. The maximum Gasteiger partial charge on any atom is 0.321 e. The van der Waals surface area contributed by atoms with Crippen LogP contribution >= 0.6 is 11.8 Å². The zero-order valence-electron chi connectivity index (χ0n) is 9.67. The highest BCUT2D eigenvalue weighted by Crippen LogP contribution is 2.32. The number of benzene rings is 1. The SMILES string of the molecule is COc1ccc(OC)c(SCC(N)C(=O)O)c1. The van der Waals surface area contributed by atoms with Crippen LogP contribution in [0.15, 0.2) is 23.1 Å². The minimum absolute atomic E-state index is 0.277. The lowest BCUT2D eigenvalue weighted by Gasteiger charge is -2.11. The van der Waals surface area contributed by atoms with Gasteiger partial charge in [-0.1, -0.05) is 0 Å². The Labute approximate surface area is 104 Å². The minimum atomic E-state index is -1.01. The maximum atomic E-state index is 10.6. The highest BCUT2D eigenvalue weighted by molar-refractivity contribution is 7.99. The number of methoxy groups -OCH3 is 2. The summed E-state index contributed by atoms with van der Waals surface area (Å²) in [4.78, 5) is 11.4. The molecule has 0 fully saturated rings. The van der Waals surface area contributed by atoms with Crippen molar-refractivity contribution in [3.63, 3.8) is 0 Å². The lowest BCUT2D eigenvalue weighted by Crippen LogP contribution is -2.32. The third-order valence-electron chi connectivity index (χ3n) is 2.11. The van der Waals surface area contributed by atoms with Crippen LogP contribution in [0.3, 0.4) is 0 Å². The number of rotatable bonds is 6. The van der Waals surface area contributed by atoms with Crippen molar-refractivity contribution in [1.29, 1.82) is 0 Å². The molecule has 94 valence electrons. The lowest BCUT2D eigenvalue weighted by atomic mass is 10.3. The fourth-order valence-corrected chi connectivity index (χ4v) is 2.14. The van der Waals surface area contributed by atoms with Crippen LogP contribution in [0, 0.1) is 0 Å². The van der Waals surface area contributed by atoms with Gasteiger partial charge in [-0.25, -0.2) is 0 Å². The quantitative estimate of drug-likeness (QED) is 0.745. The van der Waals surface area contributed by atoms with Crippen LogP contribution in [0.4, 0.5) is 0 Å². The zero-order valence-corrected chi connectivity index (χ0v) is 10.5. The van der Waals surface area contributed by atoms with Crippen LogP contribution in [0.2, 0.25) is 0 Å². The molecule has 1 atom stereocenters. The van der Waals surface area contributed by atoms with Crippen molar-refractivity contribution in [2.45, 2.75) is 10.9 Å². The molecule has 0 radical (unpaired) electrons. The molecule has 5 nitrogen and oxygen atoms in total. The normalized spacial score (nSPS) is 11.9. The van der Waals surface area contributed by atoms with E-state index in [4.69, 9.17) is 20.3 Å². The fraction of sp³-hybridized carbons (Fsp3) is 0.364. The van der Waals surface area contributed by atoms with Gasteiger partial charge in [-0.05, 0) is 18.2 Å². The first-order valence-electron chi connectivity index (χ1n) is 4.91. The molecule has 0 bridgehead atoms. The van der Waals surface area contributed by atoms with E-state index in [0.717, 1.165) is 4.90 Å². The molecule has 0 aliphatic rings. The van der Waals surface area contributed by atoms with Crippen LogP contribution in [0.1, 0.15) is 0 Å². The van der Waals surface area contributed by atoms with E-state index in [9.17, 15) is 4.79 Å². The van der Waals surface area contributed by atoms with E-state index in [-0.39, 0.29) is 5.75 Å². The molecule has 0 saturated carbocycles. The number of hydrogen-bond donors (Lipinski definition) is 2. The number of carboxylic acids is 1. The number of carboxylic acid groups (broad SMARTS) is 1. The second-order valence-corrected chi connectivity index (χ2v) is 4.33. The highest BCUT2D eigenvalue weighted by atomic mass is 32.2. The van der Waals surface area contributed by atoms with Crippen molar-refractivity contribution in [1.82, 2.24) is 0 Å². The van der Waals surface area contributed by atoms with E-state index >= 15 is 0 Å². The van der Waals surface area contributed by atoms with Gasteiger partial charge in [0, 0.05) is 5.75 Å². The fourth-order valence-electron chi connectivity index (χ4n) is 1.15. The van der Waals surface area contributed by atoms with E-state index in [1.54, 1.807) is 32.4 Å². The topological polar surface area (TPSA) is 81.8 Å². The van der Waals surface area contributed by atoms with Crippen molar-refractivity contribution in [2.75, 3.05) is 20.0 Å². The maximum absolute atomic E-state index is 10.6. The van der Waals surface area contributed by atoms with Crippen LogP contribution in [0.25, 0.3) is 0 Å². The molecular formula is C11H15NO4S. The van der Waals surface area contributed by atoms with Crippen LogP contribution in [-0.4, -0.2) is 37.1 Å². The Bertz CT molecular complexity index is 397. The first kappa shape index (κ1) is 13.7. The Morgan fingerprint density at radius 3 is 2.71 bits per heavy atom. The van der Waals surface area contributed by atoms with Gasteiger partial charge in [-0.15, -0.1) is 11.8 Å². The third kappa shape index (κ3) is 3.83. The molecule has 0 aromatic heterocycles. The van der Waals surface area contributed by atoms with Crippen molar-refractivity contribution in [3.05, 3.63) is 18.2 Å². The number of ether oxygens (including phenoxy) is 2. The molecule has 0 aliphatic carbocycles. The molecule has 0 saturated heterocycles. The molecule has 1 unspecified atom stereocenters. The molecule has 6 heteroatoms. The predicted octanol–water partition coefficient (Wildman–Crippen LogP) is 1.21. The van der Waals surface area contributed by atoms with Crippen LogP contribution in [-0.2, 0) is 4.79 Å². The first-order chi connectivity index (χ1) is 8.08. The first-order valence-corrected chi connectivity index (χ1v) is 5.90. The van der Waals surface area contributed by atoms with Gasteiger partial charge >= 0.3 is 5.97 Å². The highest BCUT2D eigenvalue weighted by Gasteiger charge is 2.13. The Morgan fingerprint density at radius 2 is 2.18 bits per heavy atom. The van der Waals surface area contributed by atoms with E-state index in [1.165, 1.54) is 11.8 Å². The summed E-state index contributed by atoms with van der Waals surface area (Å²) in [6, 6.07) is 4.45. The van der Waals surface area contributed by atoms with Crippen molar-refractivity contribution in [3.8, 4) is 11.5 Å². The van der Waals surface area contributed by atoms with E-state index in [0.29, 0.717) is 11.5 Å². The molecule has 1 aromatic carbocycles. The van der Waals surface area contributed by atoms with Crippen LogP contribution in [0.5, 0.6) is 11.5 Å². The molecule has 0 aliphatic heterocycles. The summed E-state index contributed by atoms with van der Waals surface area (Å²) in [7, 11) is 3.13. The van der Waals surface area contributed by atoms with Gasteiger partial charge in [-0.2, -0.15) is 0 Å². The summed E-state index contributed by atoms with van der Waals surface area (Å²) < 4.78 is 10.3. The standard InChI is InChI=1S/C11H15NO4S/c1-15-7-3-4-9(16-2)10(5-7)17-6-8(12)11(13)14/h3-5,8H,6,12H2,1-2H3,(H,13,14). The van der Waals surface area contributed by atoms with Gasteiger partial charge in [0.2, 0.25) is 0 Å². The molecule has 1 rings (SSSR count). The van der Waals surface area contributed by atoms with Crippen molar-refractivity contribution in [2.24, 2.45) is 5.73 Å². The Hall–Kier alpha value is -1.40. The second-order valence-electron chi connectivity index (χ2n) is 3.27.